The van der Waals surface area contributed by atoms with Crippen LogP contribution in [0.1, 0.15) is 12.5 Å². The van der Waals surface area contributed by atoms with Crippen LogP contribution in [-0.4, -0.2) is 45.2 Å². The smallest absolute Gasteiger partial charge is 0.260 e. The van der Waals surface area contributed by atoms with Gasteiger partial charge in [0, 0.05) is 20.1 Å². The number of likely N-dealkylation sites (N-methyl/N-ethyl adjacent to an activating group) is 1. The molecule has 0 saturated heterocycles. The molecule has 1 aromatic rings. The van der Waals surface area contributed by atoms with Crippen molar-refractivity contribution >= 4 is 5.91 Å². The van der Waals surface area contributed by atoms with Crippen molar-refractivity contribution in [2.75, 3.05) is 34.4 Å². The summed E-state index contributed by atoms with van der Waals surface area (Å²) in [4.78, 5) is 13.3. The molecule has 1 N–H and O–H groups in total. The molecular formula is C14H22N2O3. The summed E-state index contributed by atoms with van der Waals surface area (Å²) in [6.45, 7) is 3.37. The molecule has 19 heavy (non-hydrogen) atoms. The summed E-state index contributed by atoms with van der Waals surface area (Å²) < 4.78 is 10.8. The molecule has 1 aromatic carbocycles. The van der Waals surface area contributed by atoms with E-state index in [-0.39, 0.29) is 12.5 Å². The second-order valence-corrected chi connectivity index (χ2v) is 4.21. The Bertz CT molecular complexity index is 421. The van der Waals surface area contributed by atoms with Gasteiger partial charge in [-0.1, -0.05) is 6.07 Å². The normalized spacial score (nSPS) is 10.1. The summed E-state index contributed by atoms with van der Waals surface area (Å²) in [7, 11) is 5.22. The van der Waals surface area contributed by atoms with E-state index < -0.39 is 0 Å². The minimum Gasteiger partial charge on any atom is -0.493 e. The van der Waals surface area contributed by atoms with Gasteiger partial charge < -0.3 is 19.7 Å². The zero-order chi connectivity index (χ0) is 14.3. The van der Waals surface area contributed by atoms with Gasteiger partial charge in [0.15, 0.2) is 18.1 Å². The van der Waals surface area contributed by atoms with Crippen LogP contribution < -0.4 is 14.8 Å². The lowest BCUT2D eigenvalue weighted by atomic mass is 10.2. The Morgan fingerprint density at radius 3 is 2.68 bits per heavy atom. The number of rotatable bonds is 7. The minimum absolute atomic E-state index is 0.0199. The van der Waals surface area contributed by atoms with Crippen LogP contribution in [0.5, 0.6) is 11.5 Å². The van der Waals surface area contributed by atoms with Crippen LogP contribution in [0.4, 0.5) is 0 Å². The van der Waals surface area contributed by atoms with Gasteiger partial charge >= 0.3 is 0 Å². The van der Waals surface area contributed by atoms with Crippen LogP contribution in [0.15, 0.2) is 18.2 Å². The van der Waals surface area contributed by atoms with Gasteiger partial charge in [-0.15, -0.1) is 0 Å². The SMILES string of the molecule is CCN(C)C(=O)COc1ccc(CNC)cc1OC. The number of ether oxygens (including phenoxy) is 2. The van der Waals surface area contributed by atoms with Crippen molar-refractivity contribution in [2.45, 2.75) is 13.5 Å². The first kappa shape index (κ1) is 15.3. The van der Waals surface area contributed by atoms with Crippen LogP contribution in [0.3, 0.4) is 0 Å². The zero-order valence-corrected chi connectivity index (χ0v) is 12.0. The second-order valence-electron chi connectivity index (χ2n) is 4.21. The highest BCUT2D eigenvalue weighted by atomic mass is 16.5. The van der Waals surface area contributed by atoms with E-state index in [4.69, 9.17) is 9.47 Å². The highest BCUT2D eigenvalue weighted by molar-refractivity contribution is 5.77. The van der Waals surface area contributed by atoms with Crippen molar-refractivity contribution in [1.82, 2.24) is 10.2 Å². The summed E-state index contributed by atoms with van der Waals surface area (Å²) in [6.07, 6.45) is 0. The summed E-state index contributed by atoms with van der Waals surface area (Å²) in [6, 6.07) is 5.67. The molecule has 0 fully saturated rings. The van der Waals surface area contributed by atoms with Crippen LogP contribution in [0, 0.1) is 0 Å². The highest BCUT2D eigenvalue weighted by Crippen LogP contribution is 2.28. The fourth-order valence-electron chi connectivity index (χ4n) is 1.57. The van der Waals surface area contributed by atoms with Crippen molar-refractivity contribution in [2.24, 2.45) is 0 Å². The van der Waals surface area contributed by atoms with Gasteiger partial charge in [0.1, 0.15) is 0 Å². The molecule has 1 amide bonds. The lowest BCUT2D eigenvalue weighted by Gasteiger charge is -2.16. The number of hydrogen-bond donors (Lipinski definition) is 1. The van der Waals surface area contributed by atoms with Crippen LogP contribution in [0.25, 0.3) is 0 Å². The largest absolute Gasteiger partial charge is 0.493 e. The number of amides is 1. The maximum atomic E-state index is 11.7. The Morgan fingerprint density at radius 1 is 1.37 bits per heavy atom. The number of nitrogens with zero attached hydrogens (tertiary/aromatic N) is 1. The quantitative estimate of drug-likeness (QED) is 0.807. The van der Waals surface area contributed by atoms with Crippen molar-refractivity contribution in [1.29, 1.82) is 0 Å². The minimum atomic E-state index is -0.0520. The van der Waals surface area contributed by atoms with Crippen LogP contribution >= 0.6 is 0 Å². The van der Waals surface area contributed by atoms with Gasteiger partial charge in [0.25, 0.3) is 5.91 Å². The number of benzene rings is 1. The molecule has 5 heteroatoms. The predicted molar refractivity (Wildman–Crippen MR) is 74.6 cm³/mol. The van der Waals surface area contributed by atoms with Crippen molar-refractivity contribution in [3.63, 3.8) is 0 Å². The average molecular weight is 266 g/mol. The first-order valence-electron chi connectivity index (χ1n) is 6.30. The predicted octanol–water partition coefficient (Wildman–Crippen LogP) is 1.27. The summed E-state index contributed by atoms with van der Waals surface area (Å²) in [5.41, 5.74) is 1.10. The third kappa shape index (κ3) is 4.44. The molecule has 0 spiro atoms. The number of nitrogens with one attached hydrogen (secondary N) is 1. The summed E-state index contributed by atoms with van der Waals surface area (Å²) in [5.74, 6) is 1.17. The molecule has 0 aliphatic carbocycles. The maximum absolute atomic E-state index is 11.7. The Hall–Kier alpha value is -1.75. The lowest BCUT2D eigenvalue weighted by Crippen LogP contribution is -2.31. The summed E-state index contributed by atoms with van der Waals surface area (Å²) in [5, 5.41) is 3.07. The van der Waals surface area contributed by atoms with Gasteiger partial charge in [0.05, 0.1) is 7.11 Å². The molecule has 106 valence electrons. The molecule has 5 nitrogen and oxygen atoms in total. The molecule has 0 aromatic heterocycles. The van der Waals surface area contributed by atoms with Gasteiger partial charge in [-0.3, -0.25) is 4.79 Å². The number of carbonyl (C=O) groups excluding carboxylic acids is 1. The first-order valence-corrected chi connectivity index (χ1v) is 6.30. The second kappa shape index (κ2) is 7.63. The third-order valence-electron chi connectivity index (χ3n) is 2.86. The van der Waals surface area contributed by atoms with E-state index in [1.807, 2.05) is 32.2 Å². The van der Waals surface area contributed by atoms with Gasteiger partial charge in [0.2, 0.25) is 0 Å². The molecular weight excluding hydrogens is 244 g/mol. The number of carbonyl (C=O) groups is 1. The molecule has 1 rings (SSSR count). The van der Waals surface area contributed by atoms with E-state index in [1.165, 1.54) is 0 Å². The number of hydrogen-bond acceptors (Lipinski definition) is 4. The fourth-order valence-corrected chi connectivity index (χ4v) is 1.57. The van der Waals surface area contributed by atoms with E-state index in [2.05, 4.69) is 5.32 Å². The molecule has 0 saturated carbocycles. The Kier molecular flexibility index (Phi) is 6.15. The molecule has 0 aliphatic rings. The average Bonchev–Trinajstić information content (AvgIpc) is 2.44. The Labute approximate surface area is 114 Å². The third-order valence-corrected chi connectivity index (χ3v) is 2.86. The van der Waals surface area contributed by atoms with Gasteiger partial charge in [-0.2, -0.15) is 0 Å². The van der Waals surface area contributed by atoms with Gasteiger partial charge in [-0.25, -0.2) is 0 Å². The van der Waals surface area contributed by atoms with E-state index >= 15 is 0 Å². The molecule has 0 unspecified atom stereocenters. The van der Waals surface area contributed by atoms with E-state index in [1.54, 1.807) is 19.1 Å². The molecule has 0 heterocycles. The fraction of sp³-hybridized carbons (Fsp3) is 0.500. The van der Waals surface area contributed by atoms with Crippen LogP contribution in [0.2, 0.25) is 0 Å². The lowest BCUT2D eigenvalue weighted by molar-refractivity contribution is -0.131. The molecule has 0 aliphatic heterocycles. The van der Waals surface area contributed by atoms with E-state index in [9.17, 15) is 4.79 Å². The number of methoxy groups -OCH3 is 1. The Morgan fingerprint density at radius 2 is 2.11 bits per heavy atom. The molecule has 0 bridgehead atoms. The maximum Gasteiger partial charge on any atom is 0.260 e. The highest BCUT2D eigenvalue weighted by Gasteiger charge is 2.10. The first-order chi connectivity index (χ1) is 9.12. The molecule has 0 radical (unpaired) electrons. The van der Waals surface area contributed by atoms with Crippen LogP contribution in [-0.2, 0) is 11.3 Å². The standard InChI is InChI=1S/C14H22N2O3/c1-5-16(3)14(17)10-19-12-7-6-11(9-15-2)8-13(12)18-4/h6-8,15H,5,9-10H2,1-4H3. The van der Waals surface area contributed by atoms with Crippen molar-refractivity contribution in [3.8, 4) is 11.5 Å². The van der Waals surface area contributed by atoms with E-state index in [0.717, 1.165) is 12.1 Å². The topological polar surface area (TPSA) is 50.8 Å². The monoisotopic (exact) mass is 266 g/mol. The zero-order valence-electron chi connectivity index (χ0n) is 12.0. The van der Waals surface area contributed by atoms with Gasteiger partial charge in [-0.05, 0) is 31.7 Å². The molecule has 0 atom stereocenters. The van der Waals surface area contributed by atoms with E-state index in [0.29, 0.717) is 18.0 Å². The van der Waals surface area contributed by atoms with Crippen molar-refractivity contribution < 1.29 is 14.3 Å². The summed E-state index contributed by atoms with van der Waals surface area (Å²) >= 11 is 0. The Balaban J connectivity index is 2.70. The van der Waals surface area contributed by atoms with Crippen molar-refractivity contribution in [3.05, 3.63) is 23.8 Å².